The van der Waals surface area contributed by atoms with E-state index in [4.69, 9.17) is 0 Å². The molecule has 0 saturated heterocycles. The van der Waals surface area contributed by atoms with Gasteiger partial charge in [-0.1, -0.05) is 24.3 Å². The van der Waals surface area contributed by atoms with Crippen LogP contribution < -0.4 is 16.6 Å². The third-order valence-electron chi connectivity index (χ3n) is 4.87. The summed E-state index contributed by atoms with van der Waals surface area (Å²) in [5.74, 6) is -0.318. The van der Waals surface area contributed by atoms with Crippen LogP contribution >= 0.6 is 0 Å². The molecule has 0 aliphatic heterocycles. The maximum absolute atomic E-state index is 12.7. The maximum atomic E-state index is 12.7. The Morgan fingerprint density at radius 1 is 1.23 bits per heavy atom. The van der Waals surface area contributed by atoms with Crippen molar-refractivity contribution in [1.29, 1.82) is 0 Å². The minimum atomic E-state index is -0.561. The van der Waals surface area contributed by atoms with E-state index >= 15 is 0 Å². The summed E-state index contributed by atoms with van der Waals surface area (Å²) < 4.78 is 1.23. The van der Waals surface area contributed by atoms with Crippen molar-refractivity contribution in [2.75, 3.05) is 0 Å². The first-order chi connectivity index (χ1) is 12.5. The van der Waals surface area contributed by atoms with Gasteiger partial charge >= 0.3 is 5.69 Å². The highest BCUT2D eigenvalue weighted by Gasteiger charge is 2.22. The van der Waals surface area contributed by atoms with Gasteiger partial charge in [-0.3, -0.25) is 19.1 Å². The van der Waals surface area contributed by atoms with Crippen molar-refractivity contribution in [1.82, 2.24) is 19.9 Å². The SMILES string of the molecule is Cn1c(=O)[nH]c(=O)c2ccc(C(=O)NC3CCCc4ccccc43)nc21. The number of hydrogen-bond acceptors (Lipinski definition) is 4. The number of hydrogen-bond donors (Lipinski definition) is 2. The van der Waals surface area contributed by atoms with Gasteiger partial charge in [-0.2, -0.15) is 0 Å². The summed E-state index contributed by atoms with van der Waals surface area (Å²) in [6, 6.07) is 11.1. The van der Waals surface area contributed by atoms with E-state index in [1.807, 2.05) is 18.2 Å². The molecule has 1 aromatic carbocycles. The lowest BCUT2D eigenvalue weighted by molar-refractivity contribution is 0.0928. The smallest absolute Gasteiger partial charge is 0.329 e. The summed E-state index contributed by atoms with van der Waals surface area (Å²) in [4.78, 5) is 42.8. The number of benzene rings is 1. The van der Waals surface area contributed by atoms with Crippen LogP contribution in [0, 0.1) is 0 Å². The van der Waals surface area contributed by atoms with Crippen molar-refractivity contribution in [3.05, 3.63) is 74.1 Å². The predicted octanol–water partition coefficient (Wildman–Crippen LogP) is 1.43. The maximum Gasteiger partial charge on any atom is 0.329 e. The average Bonchev–Trinajstić information content (AvgIpc) is 2.66. The normalized spacial score (nSPS) is 16.3. The molecule has 4 rings (SSSR count). The van der Waals surface area contributed by atoms with E-state index in [0.717, 1.165) is 24.8 Å². The lowest BCUT2D eigenvalue weighted by Crippen LogP contribution is -2.32. The largest absolute Gasteiger partial charge is 0.344 e. The molecule has 1 amide bonds. The Labute approximate surface area is 148 Å². The van der Waals surface area contributed by atoms with Gasteiger partial charge in [0.15, 0.2) is 0 Å². The Morgan fingerprint density at radius 2 is 2.04 bits per heavy atom. The zero-order valence-electron chi connectivity index (χ0n) is 14.3. The molecule has 3 aromatic rings. The molecule has 0 saturated carbocycles. The molecule has 1 unspecified atom stereocenters. The second-order valence-electron chi connectivity index (χ2n) is 6.50. The van der Waals surface area contributed by atoms with E-state index in [9.17, 15) is 14.4 Å². The zero-order valence-corrected chi connectivity index (χ0v) is 14.3. The molecular weight excluding hydrogens is 332 g/mol. The second-order valence-corrected chi connectivity index (χ2v) is 6.50. The van der Waals surface area contributed by atoms with Crippen LogP contribution in [0.15, 0.2) is 46.0 Å². The lowest BCUT2D eigenvalue weighted by atomic mass is 9.87. The van der Waals surface area contributed by atoms with Crippen LogP contribution in [0.25, 0.3) is 11.0 Å². The molecule has 0 bridgehead atoms. The van der Waals surface area contributed by atoms with Gasteiger partial charge in [-0.15, -0.1) is 0 Å². The molecule has 7 nitrogen and oxygen atoms in total. The number of nitrogens with one attached hydrogen (secondary N) is 2. The Balaban J connectivity index is 1.69. The summed E-state index contributed by atoms with van der Waals surface area (Å²) >= 11 is 0. The minimum absolute atomic E-state index is 0.0621. The van der Waals surface area contributed by atoms with E-state index in [-0.39, 0.29) is 28.7 Å². The first-order valence-electron chi connectivity index (χ1n) is 8.53. The highest BCUT2D eigenvalue weighted by atomic mass is 16.2. The number of aryl methyl sites for hydroxylation is 2. The Morgan fingerprint density at radius 3 is 2.88 bits per heavy atom. The Kier molecular flexibility index (Phi) is 3.91. The fraction of sp³-hybridized carbons (Fsp3) is 0.263. The quantitative estimate of drug-likeness (QED) is 0.731. The van der Waals surface area contributed by atoms with Gasteiger partial charge < -0.3 is 5.32 Å². The van der Waals surface area contributed by atoms with Crippen LogP contribution in [0.4, 0.5) is 0 Å². The predicted molar refractivity (Wildman–Crippen MR) is 97.2 cm³/mol. The number of aromatic amines is 1. The van der Waals surface area contributed by atoms with Crippen molar-refractivity contribution in [3.8, 4) is 0 Å². The van der Waals surface area contributed by atoms with Crippen LogP contribution in [0.3, 0.4) is 0 Å². The van der Waals surface area contributed by atoms with Gasteiger partial charge in [-0.25, -0.2) is 9.78 Å². The highest BCUT2D eigenvalue weighted by Crippen LogP contribution is 2.29. The summed E-state index contributed by atoms with van der Waals surface area (Å²) in [5, 5.41) is 3.30. The highest BCUT2D eigenvalue weighted by molar-refractivity contribution is 5.94. The number of amides is 1. The van der Waals surface area contributed by atoms with Crippen molar-refractivity contribution in [2.24, 2.45) is 7.05 Å². The summed E-state index contributed by atoms with van der Waals surface area (Å²) in [6.45, 7) is 0. The number of pyridine rings is 1. The van der Waals surface area contributed by atoms with Crippen LogP contribution in [-0.2, 0) is 13.5 Å². The van der Waals surface area contributed by atoms with Gasteiger partial charge in [0.1, 0.15) is 11.3 Å². The van der Waals surface area contributed by atoms with Gasteiger partial charge in [0, 0.05) is 7.05 Å². The molecule has 0 spiro atoms. The first kappa shape index (κ1) is 16.3. The van der Waals surface area contributed by atoms with Gasteiger partial charge in [0.25, 0.3) is 11.5 Å². The molecule has 2 aromatic heterocycles. The molecule has 0 fully saturated rings. The van der Waals surface area contributed by atoms with E-state index in [1.54, 1.807) is 0 Å². The van der Waals surface area contributed by atoms with Crippen molar-refractivity contribution >= 4 is 16.9 Å². The molecule has 132 valence electrons. The van der Waals surface area contributed by atoms with Crippen molar-refractivity contribution in [2.45, 2.75) is 25.3 Å². The molecule has 26 heavy (non-hydrogen) atoms. The number of carbonyl (C=O) groups is 1. The molecule has 1 aliphatic carbocycles. The van der Waals surface area contributed by atoms with Crippen LogP contribution in [-0.4, -0.2) is 20.4 Å². The van der Waals surface area contributed by atoms with Gasteiger partial charge in [0.2, 0.25) is 0 Å². The van der Waals surface area contributed by atoms with E-state index in [2.05, 4.69) is 21.4 Å². The van der Waals surface area contributed by atoms with E-state index < -0.39 is 11.2 Å². The summed E-state index contributed by atoms with van der Waals surface area (Å²) in [5.41, 5.74) is 1.69. The van der Waals surface area contributed by atoms with Crippen LogP contribution in [0.5, 0.6) is 0 Å². The van der Waals surface area contributed by atoms with E-state index in [1.165, 1.54) is 29.3 Å². The fourth-order valence-corrected chi connectivity index (χ4v) is 3.49. The standard InChI is InChI=1S/C19H18N4O3/c1-23-16-13(17(24)22-19(23)26)9-10-15(20-16)18(25)21-14-8-4-6-11-5-2-3-7-12(11)14/h2-3,5,7,9-10,14H,4,6,8H2,1H3,(H,21,25)(H,22,24,26). The molecule has 1 aliphatic rings. The van der Waals surface area contributed by atoms with Gasteiger partial charge in [0.05, 0.1) is 11.4 Å². The average molecular weight is 350 g/mol. The first-order valence-corrected chi connectivity index (χ1v) is 8.53. The second kappa shape index (κ2) is 6.25. The van der Waals surface area contributed by atoms with Crippen LogP contribution in [0.2, 0.25) is 0 Å². The monoisotopic (exact) mass is 350 g/mol. The fourth-order valence-electron chi connectivity index (χ4n) is 3.49. The van der Waals surface area contributed by atoms with Crippen LogP contribution in [0.1, 0.15) is 40.5 Å². The molecular formula is C19H18N4O3. The number of carbonyl (C=O) groups excluding carboxylic acids is 1. The summed E-state index contributed by atoms with van der Waals surface area (Å²) in [6.07, 6.45) is 2.90. The number of rotatable bonds is 2. The zero-order chi connectivity index (χ0) is 18.3. The molecule has 7 heteroatoms. The number of fused-ring (bicyclic) bond motifs is 2. The molecule has 1 atom stereocenters. The Bertz CT molecular complexity index is 1130. The molecule has 2 N–H and O–H groups in total. The number of aromatic nitrogens is 3. The third-order valence-corrected chi connectivity index (χ3v) is 4.87. The summed E-state index contributed by atoms with van der Waals surface area (Å²) in [7, 11) is 1.51. The van der Waals surface area contributed by atoms with Crippen molar-refractivity contribution in [3.63, 3.8) is 0 Å². The van der Waals surface area contributed by atoms with Crippen molar-refractivity contribution < 1.29 is 4.79 Å². The lowest BCUT2D eigenvalue weighted by Gasteiger charge is -2.26. The number of H-pyrrole nitrogens is 1. The third kappa shape index (κ3) is 2.71. The molecule has 0 radical (unpaired) electrons. The number of nitrogens with zero attached hydrogens (tertiary/aromatic N) is 2. The Hall–Kier alpha value is -3.22. The topological polar surface area (TPSA) is 96.9 Å². The molecule has 2 heterocycles. The van der Waals surface area contributed by atoms with Gasteiger partial charge in [-0.05, 0) is 42.5 Å². The van der Waals surface area contributed by atoms with E-state index in [0.29, 0.717) is 0 Å². The minimum Gasteiger partial charge on any atom is -0.344 e.